The third-order valence-electron chi connectivity index (χ3n) is 3.74. The fourth-order valence-electron chi connectivity index (χ4n) is 1.98. The number of aliphatic carboxylic acids is 1. The Morgan fingerprint density at radius 3 is 2.50 bits per heavy atom. The third kappa shape index (κ3) is 2.28. The van der Waals surface area contributed by atoms with Crippen molar-refractivity contribution >= 4 is 11.7 Å². The number of carbonyl (C=O) groups is 1. The SMILES string of the molecule is COc1cc(C)c(C)cc1NCC1(C(=O)O)CC1. The van der Waals surface area contributed by atoms with Crippen molar-refractivity contribution in [1.29, 1.82) is 0 Å². The number of hydrogen-bond donors (Lipinski definition) is 2. The largest absolute Gasteiger partial charge is 0.495 e. The van der Waals surface area contributed by atoms with Crippen molar-refractivity contribution in [1.82, 2.24) is 0 Å². The van der Waals surface area contributed by atoms with Crippen molar-refractivity contribution in [3.8, 4) is 5.75 Å². The van der Waals surface area contributed by atoms with Crippen LogP contribution in [0.2, 0.25) is 0 Å². The van der Waals surface area contributed by atoms with E-state index in [2.05, 4.69) is 5.32 Å². The second kappa shape index (κ2) is 4.52. The molecule has 1 aliphatic carbocycles. The Balaban J connectivity index is 2.14. The molecule has 1 saturated carbocycles. The van der Waals surface area contributed by atoms with Gasteiger partial charge in [-0.1, -0.05) is 0 Å². The smallest absolute Gasteiger partial charge is 0.311 e. The lowest BCUT2D eigenvalue weighted by molar-refractivity contribution is -0.142. The molecule has 18 heavy (non-hydrogen) atoms. The van der Waals surface area contributed by atoms with Crippen LogP contribution in [0.4, 0.5) is 5.69 Å². The van der Waals surface area contributed by atoms with E-state index in [1.165, 1.54) is 5.56 Å². The van der Waals surface area contributed by atoms with Gasteiger partial charge in [0.2, 0.25) is 0 Å². The van der Waals surface area contributed by atoms with Crippen LogP contribution in [-0.2, 0) is 4.79 Å². The van der Waals surface area contributed by atoms with E-state index >= 15 is 0 Å². The summed E-state index contributed by atoms with van der Waals surface area (Å²) in [5.41, 5.74) is 2.63. The summed E-state index contributed by atoms with van der Waals surface area (Å²) in [4.78, 5) is 11.1. The summed E-state index contributed by atoms with van der Waals surface area (Å²) in [5, 5.41) is 12.3. The van der Waals surface area contributed by atoms with Gasteiger partial charge in [-0.05, 0) is 49.9 Å². The van der Waals surface area contributed by atoms with Crippen molar-refractivity contribution in [2.45, 2.75) is 26.7 Å². The Hall–Kier alpha value is -1.71. The van der Waals surface area contributed by atoms with Gasteiger partial charge in [-0.25, -0.2) is 0 Å². The fraction of sp³-hybridized carbons (Fsp3) is 0.500. The maximum Gasteiger partial charge on any atom is 0.311 e. The molecule has 98 valence electrons. The Kier molecular flexibility index (Phi) is 3.20. The van der Waals surface area contributed by atoms with Crippen molar-refractivity contribution in [2.75, 3.05) is 19.0 Å². The van der Waals surface area contributed by atoms with Crippen LogP contribution < -0.4 is 10.1 Å². The molecule has 0 aliphatic heterocycles. The van der Waals surface area contributed by atoms with Gasteiger partial charge in [0.05, 0.1) is 18.2 Å². The van der Waals surface area contributed by atoms with Gasteiger partial charge in [-0.15, -0.1) is 0 Å². The van der Waals surface area contributed by atoms with Crippen LogP contribution in [0.5, 0.6) is 5.75 Å². The monoisotopic (exact) mass is 249 g/mol. The summed E-state index contributed by atoms with van der Waals surface area (Å²) in [6.07, 6.45) is 1.50. The average Bonchev–Trinajstić information content (AvgIpc) is 3.11. The topological polar surface area (TPSA) is 58.6 Å². The Labute approximate surface area is 107 Å². The highest BCUT2D eigenvalue weighted by molar-refractivity contribution is 5.79. The highest BCUT2D eigenvalue weighted by Crippen LogP contribution is 2.46. The predicted molar refractivity (Wildman–Crippen MR) is 70.3 cm³/mol. The first kappa shape index (κ1) is 12.7. The lowest BCUT2D eigenvalue weighted by Gasteiger charge is -2.16. The van der Waals surface area contributed by atoms with E-state index in [1.54, 1.807) is 7.11 Å². The molecule has 0 heterocycles. The van der Waals surface area contributed by atoms with E-state index in [1.807, 2.05) is 26.0 Å². The van der Waals surface area contributed by atoms with Crippen LogP contribution in [0, 0.1) is 19.3 Å². The first-order valence-electron chi connectivity index (χ1n) is 6.11. The van der Waals surface area contributed by atoms with Gasteiger partial charge >= 0.3 is 5.97 Å². The van der Waals surface area contributed by atoms with Crippen molar-refractivity contribution in [3.63, 3.8) is 0 Å². The van der Waals surface area contributed by atoms with Crippen LogP contribution >= 0.6 is 0 Å². The molecule has 0 unspecified atom stereocenters. The number of nitrogens with one attached hydrogen (secondary N) is 1. The maximum atomic E-state index is 11.1. The summed E-state index contributed by atoms with van der Waals surface area (Å²) in [6.45, 7) is 4.52. The molecular weight excluding hydrogens is 230 g/mol. The molecule has 1 aromatic carbocycles. The van der Waals surface area contributed by atoms with Crippen LogP contribution in [0.25, 0.3) is 0 Å². The maximum absolute atomic E-state index is 11.1. The number of carboxylic acid groups (broad SMARTS) is 1. The quantitative estimate of drug-likeness (QED) is 0.842. The number of anilines is 1. The Morgan fingerprint density at radius 1 is 1.39 bits per heavy atom. The zero-order chi connectivity index (χ0) is 13.3. The van der Waals surface area contributed by atoms with Crippen molar-refractivity contribution < 1.29 is 14.6 Å². The molecule has 0 aromatic heterocycles. The normalized spacial score (nSPS) is 16.2. The van der Waals surface area contributed by atoms with Crippen molar-refractivity contribution in [3.05, 3.63) is 23.3 Å². The summed E-state index contributed by atoms with van der Waals surface area (Å²) in [6, 6.07) is 3.98. The summed E-state index contributed by atoms with van der Waals surface area (Å²) >= 11 is 0. The molecule has 2 N–H and O–H groups in total. The molecule has 0 spiro atoms. The summed E-state index contributed by atoms with van der Waals surface area (Å²) < 4.78 is 5.32. The van der Waals surface area contributed by atoms with E-state index in [9.17, 15) is 4.79 Å². The van der Waals surface area contributed by atoms with Gasteiger partial charge in [-0.2, -0.15) is 0 Å². The van der Waals surface area contributed by atoms with Gasteiger partial charge in [-0.3, -0.25) is 4.79 Å². The number of ether oxygens (including phenoxy) is 1. The van der Waals surface area contributed by atoms with Gasteiger partial charge < -0.3 is 15.2 Å². The van der Waals surface area contributed by atoms with Crippen LogP contribution in [0.15, 0.2) is 12.1 Å². The number of rotatable bonds is 5. The van der Waals surface area contributed by atoms with E-state index in [0.717, 1.165) is 29.8 Å². The van der Waals surface area contributed by atoms with E-state index < -0.39 is 11.4 Å². The van der Waals surface area contributed by atoms with Gasteiger partial charge in [0.25, 0.3) is 0 Å². The Morgan fingerprint density at radius 2 is 2.00 bits per heavy atom. The van der Waals surface area contributed by atoms with Gasteiger partial charge in [0.15, 0.2) is 0 Å². The minimum Gasteiger partial charge on any atom is -0.495 e. The average molecular weight is 249 g/mol. The summed E-state index contributed by atoms with van der Waals surface area (Å²) in [5.74, 6) is 0.0529. The minimum atomic E-state index is -0.710. The van der Waals surface area contributed by atoms with E-state index in [-0.39, 0.29) is 0 Å². The molecule has 1 fully saturated rings. The second-order valence-electron chi connectivity index (χ2n) is 5.08. The molecule has 0 saturated heterocycles. The van der Waals surface area contributed by atoms with Crippen LogP contribution in [0.3, 0.4) is 0 Å². The highest BCUT2D eigenvalue weighted by Gasteiger charge is 2.50. The molecule has 1 aromatic rings. The van der Waals surface area contributed by atoms with Crippen molar-refractivity contribution in [2.24, 2.45) is 5.41 Å². The highest BCUT2D eigenvalue weighted by atomic mass is 16.5. The minimum absolute atomic E-state index is 0.460. The van der Waals surface area contributed by atoms with E-state index in [0.29, 0.717) is 6.54 Å². The molecule has 0 amide bonds. The van der Waals surface area contributed by atoms with Crippen LogP contribution in [0.1, 0.15) is 24.0 Å². The molecular formula is C14H19NO3. The van der Waals surface area contributed by atoms with Gasteiger partial charge in [0.1, 0.15) is 5.75 Å². The second-order valence-corrected chi connectivity index (χ2v) is 5.08. The van der Waals surface area contributed by atoms with Gasteiger partial charge in [0, 0.05) is 6.54 Å². The summed E-state index contributed by atoms with van der Waals surface area (Å²) in [7, 11) is 1.62. The zero-order valence-corrected chi connectivity index (χ0v) is 11.0. The number of hydrogen-bond acceptors (Lipinski definition) is 3. The first-order valence-corrected chi connectivity index (χ1v) is 6.11. The number of methoxy groups -OCH3 is 1. The standard InChI is InChI=1S/C14H19NO3/c1-9-6-11(12(18-3)7-10(9)2)15-8-14(4-5-14)13(16)17/h6-7,15H,4-5,8H2,1-3H3,(H,16,17). The lowest BCUT2D eigenvalue weighted by atomic mass is 10.1. The zero-order valence-electron chi connectivity index (χ0n) is 11.0. The third-order valence-corrected chi connectivity index (χ3v) is 3.74. The molecule has 4 nitrogen and oxygen atoms in total. The number of aryl methyl sites for hydroxylation is 2. The van der Waals surface area contributed by atoms with E-state index in [4.69, 9.17) is 9.84 Å². The molecule has 0 radical (unpaired) electrons. The predicted octanol–water partition coefficient (Wildman–Crippen LogP) is 2.59. The fourth-order valence-corrected chi connectivity index (χ4v) is 1.98. The van der Waals surface area contributed by atoms with Crippen LogP contribution in [-0.4, -0.2) is 24.7 Å². The number of carboxylic acids is 1. The lowest BCUT2D eigenvalue weighted by Crippen LogP contribution is -2.24. The number of benzene rings is 1. The molecule has 2 rings (SSSR count). The molecule has 0 bridgehead atoms. The Bertz CT molecular complexity index is 478. The first-order chi connectivity index (χ1) is 8.48. The molecule has 4 heteroatoms. The molecule has 0 atom stereocenters. The molecule has 1 aliphatic rings.